The Morgan fingerprint density at radius 2 is 2.19 bits per heavy atom. The predicted molar refractivity (Wildman–Crippen MR) is 68.6 cm³/mol. The fraction of sp³-hybridized carbons (Fsp3) is 0.250. The predicted octanol–water partition coefficient (Wildman–Crippen LogP) is 2.43. The minimum Gasteiger partial charge on any atom is -0.396 e. The minimum absolute atomic E-state index is 0.721. The summed E-state index contributed by atoms with van der Waals surface area (Å²) in [6.07, 6.45) is 6.63. The topological polar surface area (TPSA) is 43.8 Å². The molecule has 0 aliphatic heterocycles. The summed E-state index contributed by atoms with van der Waals surface area (Å²) in [5.41, 5.74) is 7.70. The fourth-order valence-electron chi connectivity index (χ4n) is 1.65. The van der Waals surface area contributed by atoms with Crippen molar-refractivity contribution in [3.05, 3.63) is 42.2 Å². The molecule has 2 rings (SSSR count). The zero-order valence-electron chi connectivity index (χ0n) is 9.26. The van der Waals surface area contributed by atoms with E-state index in [0.29, 0.717) is 0 Å². The number of rotatable bonds is 4. The van der Waals surface area contributed by atoms with Crippen molar-refractivity contribution in [2.24, 2.45) is 0 Å². The van der Waals surface area contributed by atoms with Gasteiger partial charge in [-0.2, -0.15) is 5.10 Å². The van der Waals surface area contributed by atoms with Crippen molar-refractivity contribution < 1.29 is 0 Å². The smallest absolute Gasteiger partial charge is 0.0719 e. The zero-order valence-corrected chi connectivity index (χ0v) is 10.1. The van der Waals surface area contributed by atoms with Gasteiger partial charge in [-0.25, -0.2) is 0 Å². The van der Waals surface area contributed by atoms with E-state index in [2.05, 4.69) is 35.6 Å². The molecule has 0 spiro atoms. The van der Waals surface area contributed by atoms with Crippen LogP contribution in [0.5, 0.6) is 0 Å². The summed E-state index contributed by atoms with van der Waals surface area (Å²) in [6.45, 7) is 0.870. The van der Waals surface area contributed by atoms with Crippen molar-refractivity contribution >= 4 is 17.4 Å². The number of aryl methyl sites for hydroxylation is 2. The van der Waals surface area contributed by atoms with Crippen molar-refractivity contribution in [2.45, 2.75) is 17.9 Å². The molecule has 0 fully saturated rings. The number of hydrogen-bond acceptors (Lipinski definition) is 3. The van der Waals surface area contributed by atoms with Crippen LogP contribution in [-0.2, 0) is 13.0 Å². The number of nitrogens with two attached hydrogens (primary N) is 1. The number of nitrogen functional groups attached to an aromatic ring is 1. The second-order valence-electron chi connectivity index (χ2n) is 3.60. The van der Waals surface area contributed by atoms with Crippen molar-refractivity contribution in [1.29, 1.82) is 0 Å². The molecule has 0 aliphatic rings. The largest absolute Gasteiger partial charge is 0.396 e. The number of thioether (sulfide) groups is 1. The third kappa shape index (κ3) is 2.58. The Morgan fingerprint density at radius 1 is 1.38 bits per heavy atom. The van der Waals surface area contributed by atoms with E-state index in [1.54, 1.807) is 18.0 Å². The molecule has 0 atom stereocenters. The van der Waals surface area contributed by atoms with E-state index >= 15 is 0 Å². The average molecular weight is 233 g/mol. The molecule has 1 aromatic carbocycles. The third-order valence-electron chi connectivity index (χ3n) is 2.46. The number of nitrogens with zero attached hydrogens (tertiary/aromatic N) is 2. The first-order valence-corrected chi connectivity index (χ1v) is 6.42. The molecule has 16 heavy (non-hydrogen) atoms. The molecule has 1 aromatic heterocycles. The summed E-state index contributed by atoms with van der Waals surface area (Å²) in [6, 6.07) is 8.46. The van der Waals surface area contributed by atoms with Gasteiger partial charge in [0.1, 0.15) is 0 Å². The molecule has 0 aliphatic carbocycles. The van der Waals surface area contributed by atoms with Crippen molar-refractivity contribution in [1.82, 2.24) is 9.78 Å². The second-order valence-corrected chi connectivity index (χ2v) is 4.45. The fourth-order valence-corrected chi connectivity index (χ4v) is 2.29. The Kier molecular flexibility index (Phi) is 3.51. The lowest BCUT2D eigenvalue weighted by molar-refractivity contribution is 0.611. The summed E-state index contributed by atoms with van der Waals surface area (Å²) >= 11 is 1.78. The highest BCUT2D eigenvalue weighted by Crippen LogP contribution is 2.20. The minimum atomic E-state index is 0.721. The normalized spacial score (nSPS) is 10.6. The molecule has 0 saturated carbocycles. The maximum absolute atomic E-state index is 5.62. The van der Waals surface area contributed by atoms with Crippen LogP contribution < -0.4 is 5.73 Å². The first kappa shape index (κ1) is 11.1. The van der Waals surface area contributed by atoms with Gasteiger partial charge in [-0.3, -0.25) is 4.68 Å². The second kappa shape index (κ2) is 5.07. The summed E-state index contributed by atoms with van der Waals surface area (Å²) in [5, 5.41) is 4.17. The molecule has 0 saturated heterocycles. The molecule has 0 amide bonds. The van der Waals surface area contributed by atoms with Gasteiger partial charge in [0.05, 0.1) is 11.9 Å². The van der Waals surface area contributed by atoms with Gasteiger partial charge in [0.2, 0.25) is 0 Å². The summed E-state index contributed by atoms with van der Waals surface area (Å²) in [7, 11) is 0. The van der Waals surface area contributed by atoms with E-state index in [0.717, 1.165) is 18.7 Å². The van der Waals surface area contributed by atoms with Gasteiger partial charge in [-0.05, 0) is 24.3 Å². The number of aromatic nitrogens is 2. The molecule has 0 radical (unpaired) electrons. The summed E-state index contributed by atoms with van der Waals surface area (Å²) in [5.74, 6) is 0. The van der Waals surface area contributed by atoms with Gasteiger partial charge in [-0.1, -0.05) is 18.2 Å². The standard InChI is InChI=1S/C12H15N3S/c1-16-12-5-3-2-4-10(12)6-7-15-9-11(13)8-14-15/h2-5,8-9H,6-7,13H2,1H3. The maximum Gasteiger partial charge on any atom is 0.0719 e. The molecule has 4 heteroatoms. The highest BCUT2D eigenvalue weighted by atomic mass is 32.2. The highest BCUT2D eigenvalue weighted by Gasteiger charge is 2.01. The summed E-state index contributed by atoms with van der Waals surface area (Å²) < 4.78 is 1.88. The Morgan fingerprint density at radius 3 is 2.88 bits per heavy atom. The summed E-state index contributed by atoms with van der Waals surface area (Å²) in [4.78, 5) is 1.34. The van der Waals surface area contributed by atoms with Crippen LogP contribution >= 0.6 is 11.8 Å². The van der Waals surface area contributed by atoms with Gasteiger partial charge in [0, 0.05) is 17.6 Å². The van der Waals surface area contributed by atoms with E-state index in [1.807, 2.05) is 10.9 Å². The monoisotopic (exact) mass is 233 g/mol. The Balaban J connectivity index is 2.04. The van der Waals surface area contributed by atoms with Crippen LogP contribution in [0.2, 0.25) is 0 Å². The SMILES string of the molecule is CSc1ccccc1CCn1cc(N)cn1. The average Bonchev–Trinajstić information content (AvgIpc) is 2.73. The van der Waals surface area contributed by atoms with Crippen LogP contribution in [0.15, 0.2) is 41.6 Å². The molecule has 84 valence electrons. The highest BCUT2D eigenvalue weighted by molar-refractivity contribution is 7.98. The Hall–Kier alpha value is -1.42. The van der Waals surface area contributed by atoms with Crippen LogP contribution in [0.4, 0.5) is 5.69 Å². The zero-order chi connectivity index (χ0) is 11.4. The van der Waals surface area contributed by atoms with Crippen LogP contribution in [0.1, 0.15) is 5.56 Å². The molecule has 1 heterocycles. The van der Waals surface area contributed by atoms with Gasteiger partial charge >= 0.3 is 0 Å². The van der Waals surface area contributed by atoms with E-state index in [1.165, 1.54) is 10.5 Å². The van der Waals surface area contributed by atoms with E-state index < -0.39 is 0 Å². The first-order valence-electron chi connectivity index (χ1n) is 5.19. The Bertz CT molecular complexity index is 465. The van der Waals surface area contributed by atoms with E-state index in [4.69, 9.17) is 5.73 Å². The first-order chi connectivity index (χ1) is 7.79. The van der Waals surface area contributed by atoms with Crippen LogP contribution in [0.3, 0.4) is 0 Å². The third-order valence-corrected chi connectivity index (χ3v) is 3.29. The molecule has 0 bridgehead atoms. The van der Waals surface area contributed by atoms with Crippen LogP contribution in [0, 0.1) is 0 Å². The van der Waals surface area contributed by atoms with Crippen molar-refractivity contribution in [2.75, 3.05) is 12.0 Å². The lowest BCUT2D eigenvalue weighted by atomic mass is 10.1. The van der Waals surface area contributed by atoms with Crippen molar-refractivity contribution in [3.63, 3.8) is 0 Å². The lowest BCUT2D eigenvalue weighted by Crippen LogP contribution is -2.02. The van der Waals surface area contributed by atoms with Crippen LogP contribution in [-0.4, -0.2) is 16.0 Å². The van der Waals surface area contributed by atoms with Crippen LogP contribution in [0.25, 0.3) is 0 Å². The van der Waals surface area contributed by atoms with Gasteiger partial charge in [-0.15, -0.1) is 11.8 Å². The molecule has 0 unspecified atom stereocenters. The quantitative estimate of drug-likeness (QED) is 0.825. The van der Waals surface area contributed by atoms with E-state index in [9.17, 15) is 0 Å². The molecule has 3 nitrogen and oxygen atoms in total. The molecule has 2 aromatic rings. The van der Waals surface area contributed by atoms with Gasteiger partial charge in [0.15, 0.2) is 0 Å². The maximum atomic E-state index is 5.62. The van der Waals surface area contributed by atoms with E-state index in [-0.39, 0.29) is 0 Å². The van der Waals surface area contributed by atoms with Gasteiger partial charge < -0.3 is 5.73 Å². The van der Waals surface area contributed by atoms with Crippen molar-refractivity contribution in [3.8, 4) is 0 Å². The number of benzene rings is 1. The number of hydrogen-bond donors (Lipinski definition) is 1. The lowest BCUT2D eigenvalue weighted by Gasteiger charge is -2.06. The van der Waals surface area contributed by atoms with Gasteiger partial charge in [0.25, 0.3) is 0 Å². The number of anilines is 1. The molecular formula is C12H15N3S. The molecule has 2 N–H and O–H groups in total. The molecular weight excluding hydrogens is 218 g/mol. The Labute approximate surface area is 99.7 Å².